The maximum absolute atomic E-state index is 11.0. The lowest BCUT2D eigenvalue weighted by Gasteiger charge is -2.37. The van der Waals surface area contributed by atoms with Gasteiger partial charge in [-0.2, -0.15) is 0 Å². The highest BCUT2D eigenvalue weighted by atomic mass is 79.9. The smallest absolute Gasteiger partial charge is 0.270 e. The molecule has 2 aromatic carbocycles. The summed E-state index contributed by atoms with van der Waals surface area (Å²) in [4.78, 5) is 15.4. The van der Waals surface area contributed by atoms with Crippen LogP contribution in [0.5, 0.6) is 0 Å². The summed E-state index contributed by atoms with van der Waals surface area (Å²) in [7, 11) is 0. The Morgan fingerprint density at radius 2 is 1.79 bits per heavy atom. The van der Waals surface area contributed by atoms with Gasteiger partial charge in [0.05, 0.1) is 10.6 Å². The first-order chi connectivity index (χ1) is 11.5. The van der Waals surface area contributed by atoms with Gasteiger partial charge in [-0.05, 0) is 34.0 Å². The van der Waals surface area contributed by atoms with Gasteiger partial charge < -0.3 is 4.90 Å². The molecule has 0 saturated carbocycles. The van der Waals surface area contributed by atoms with E-state index in [1.807, 2.05) is 13.0 Å². The number of non-ortho nitro benzene ring substituents is 1. The second-order valence-electron chi connectivity index (χ2n) is 6.10. The molecule has 0 amide bonds. The van der Waals surface area contributed by atoms with Crippen molar-refractivity contribution in [3.8, 4) is 0 Å². The largest absolute Gasteiger partial charge is 0.368 e. The van der Waals surface area contributed by atoms with Gasteiger partial charge in [0.1, 0.15) is 0 Å². The van der Waals surface area contributed by atoms with Crippen LogP contribution in [0, 0.1) is 17.0 Å². The zero-order valence-electron chi connectivity index (χ0n) is 13.6. The van der Waals surface area contributed by atoms with Gasteiger partial charge in [0, 0.05) is 49.3 Å². The molecule has 0 atom stereocenters. The Balaban J connectivity index is 1.67. The number of aryl methyl sites for hydroxylation is 1. The Labute approximate surface area is 150 Å². The lowest BCUT2D eigenvalue weighted by atomic mass is 10.1. The van der Waals surface area contributed by atoms with Gasteiger partial charge in [0.25, 0.3) is 5.69 Å². The molecule has 0 unspecified atom stereocenters. The van der Waals surface area contributed by atoms with Crippen LogP contribution in [-0.4, -0.2) is 36.0 Å². The summed E-state index contributed by atoms with van der Waals surface area (Å²) in [6, 6.07) is 13.7. The monoisotopic (exact) mass is 389 g/mol. The first kappa shape index (κ1) is 16.9. The number of nitro groups is 1. The molecular weight excluding hydrogens is 370 g/mol. The van der Waals surface area contributed by atoms with Gasteiger partial charge in [-0.1, -0.05) is 30.3 Å². The average molecular weight is 390 g/mol. The highest BCUT2D eigenvalue weighted by molar-refractivity contribution is 9.10. The summed E-state index contributed by atoms with van der Waals surface area (Å²) >= 11 is 3.51. The number of nitro benzene ring substituents is 1. The fourth-order valence-electron chi connectivity index (χ4n) is 3.20. The van der Waals surface area contributed by atoms with E-state index < -0.39 is 0 Å². The van der Waals surface area contributed by atoms with Gasteiger partial charge in [0.2, 0.25) is 0 Å². The van der Waals surface area contributed by atoms with Crippen molar-refractivity contribution in [2.45, 2.75) is 13.5 Å². The fourth-order valence-corrected chi connectivity index (χ4v) is 3.99. The van der Waals surface area contributed by atoms with Crippen molar-refractivity contribution in [2.75, 3.05) is 31.1 Å². The molecular formula is C18H20BrN3O2. The Morgan fingerprint density at radius 3 is 2.38 bits per heavy atom. The molecule has 0 N–H and O–H groups in total. The quantitative estimate of drug-likeness (QED) is 0.585. The van der Waals surface area contributed by atoms with Crippen LogP contribution >= 0.6 is 15.9 Å². The Hall–Kier alpha value is -1.92. The zero-order valence-corrected chi connectivity index (χ0v) is 15.2. The lowest BCUT2D eigenvalue weighted by molar-refractivity contribution is -0.385. The van der Waals surface area contributed by atoms with Crippen molar-refractivity contribution in [3.63, 3.8) is 0 Å². The van der Waals surface area contributed by atoms with Crippen molar-refractivity contribution in [3.05, 3.63) is 68.2 Å². The van der Waals surface area contributed by atoms with E-state index in [9.17, 15) is 10.1 Å². The van der Waals surface area contributed by atoms with Crippen molar-refractivity contribution in [2.24, 2.45) is 0 Å². The summed E-state index contributed by atoms with van der Waals surface area (Å²) in [5.74, 6) is 0. The second kappa shape index (κ2) is 7.32. The van der Waals surface area contributed by atoms with Gasteiger partial charge in [-0.3, -0.25) is 15.0 Å². The first-order valence-corrected chi connectivity index (χ1v) is 8.79. The maximum Gasteiger partial charge on any atom is 0.270 e. The third kappa shape index (κ3) is 3.76. The molecule has 1 saturated heterocycles. The van der Waals surface area contributed by atoms with Crippen LogP contribution in [0.1, 0.15) is 11.1 Å². The molecule has 5 nitrogen and oxygen atoms in total. The third-order valence-electron chi connectivity index (χ3n) is 4.39. The summed E-state index contributed by atoms with van der Waals surface area (Å²) in [6.07, 6.45) is 0. The van der Waals surface area contributed by atoms with Gasteiger partial charge >= 0.3 is 0 Å². The molecule has 6 heteroatoms. The van der Waals surface area contributed by atoms with Crippen molar-refractivity contribution >= 4 is 27.3 Å². The molecule has 0 spiro atoms. The number of rotatable bonds is 4. The van der Waals surface area contributed by atoms with Crippen molar-refractivity contribution < 1.29 is 4.92 Å². The van der Waals surface area contributed by atoms with E-state index in [-0.39, 0.29) is 10.6 Å². The predicted molar refractivity (Wildman–Crippen MR) is 99.5 cm³/mol. The molecule has 1 aliphatic rings. The van der Waals surface area contributed by atoms with E-state index in [4.69, 9.17) is 0 Å². The second-order valence-corrected chi connectivity index (χ2v) is 6.95. The molecule has 126 valence electrons. The molecule has 1 heterocycles. The molecule has 0 radical (unpaired) electrons. The number of anilines is 1. The predicted octanol–water partition coefficient (Wildman–Crippen LogP) is 3.99. The van der Waals surface area contributed by atoms with Crippen LogP contribution in [-0.2, 0) is 6.54 Å². The SMILES string of the molecule is Cc1cc([N+](=O)[O-])cc(Br)c1N1CCN(Cc2ccccc2)CC1. The number of hydrogen-bond acceptors (Lipinski definition) is 4. The van der Waals surface area contributed by atoms with Gasteiger partial charge in [-0.15, -0.1) is 0 Å². The summed E-state index contributed by atoms with van der Waals surface area (Å²) < 4.78 is 0.797. The molecule has 0 aromatic heterocycles. The normalized spacial score (nSPS) is 15.5. The minimum absolute atomic E-state index is 0.130. The fraction of sp³-hybridized carbons (Fsp3) is 0.333. The van der Waals surface area contributed by atoms with E-state index >= 15 is 0 Å². The van der Waals surface area contributed by atoms with E-state index in [1.54, 1.807) is 12.1 Å². The molecule has 0 aliphatic carbocycles. The first-order valence-electron chi connectivity index (χ1n) is 8.00. The third-order valence-corrected chi connectivity index (χ3v) is 4.99. The number of nitrogens with zero attached hydrogens (tertiary/aromatic N) is 3. The van der Waals surface area contributed by atoms with Gasteiger partial charge in [-0.25, -0.2) is 0 Å². The Bertz CT molecular complexity index is 705. The summed E-state index contributed by atoms with van der Waals surface area (Å²) in [5.41, 5.74) is 3.47. The Kier molecular flexibility index (Phi) is 5.16. The summed E-state index contributed by atoms with van der Waals surface area (Å²) in [5, 5.41) is 11.0. The van der Waals surface area contributed by atoms with E-state index in [1.165, 1.54) is 5.56 Å². The van der Waals surface area contributed by atoms with Crippen LogP contribution in [0.4, 0.5) is 11.4 Å². The molecule has 1 fully saturated rings. The highest BCUT2D eigenvalue weighted by Gasteiger charge is 2.22. The van der Waals surface area contributed by atoms with Crippen LogP contribution in [0.15, 0.2) is 46.9 Å². The highest BCUT2D eigenvalue weighted by Crippen LogP contribution is 2.34. The van der Waals surface area contributed by atoms with Crippen molar-refractivity contribution in [1.82, 2.24) is 4.90 Å². The average Bonchev–Trinajstić information content (AvgIpc) is 2.56. The minimum atomic E-state index is -0.348. The standard InChI is InChI=1S/C18H20BrN3O2/c1-14-11-16(22(23)24)12-17(19)18(14)21-9-7-20(8-10-21)13-15-5-3-2-4-6-15/h2-6,11-12H,7-10,13H2,1H3. The van der Waals surface area contributed by atoms with E-state index in [0.717, 1.165) is 48.4 Å². The number of benzene rings is 2. The van der Waals surface area contributed by atoms with Crippen molar-refractivity contribution in [1.29, 1.82) is 0 Å². The molecule has 2 aromatic rings. The number of halogens is 1. The zero-order chi connectivity index (χ0) is 17.1. The summed E-state index contributed by atoms with van der Waals surface area (Å²) in [6.45, 7) is 6.71. The number of hydrogen-bond donors (Lipinski definition) is 0. The number of piperazine rings is 1. The van der Waals surface area contributed by atoms with E-state index in [2.05, 4.69) is 50.0 Å². The minimum Gasteiger partial charge on any atom is -0.368 e. The van der Waals surface area contributed by atoms with E-state index in [0.29, 0.717) is 0 Å². The molecule has 0 bridgehead atoms. The Morgan fingerprint density at radius 1 is 1.12 bits per heavy atom. The van der Waals surface area contributed by atoms with Gasteiger partial charge in [0.15, 0.2) is 0 Å². The van der Waals surface area contributed by atoms with Crippen LogP contribution < -0.4 is 4.90 Å². The van der Waals surface area contributed by atoms with Crippen LogP contribution in [0.2, 0.25) is 0 Å². The topological polar surface area (TPSA) is 49.6 Å². The molecule has 1 aliphatic heterocycles. The lowest BCUT2D eigenvalue weighted by Crippen LogP contribution is -2.46. The molecule has 3 rings (SSSR count). The molecule has 24 heavy (non-hydrogen) atoms. The maximum atomic E-state index is 11.0. The van der Waals surface area contributed by atoms with Crippen LogP contribution in [0.3, 0.4) is 0 Å². The van der Waals surface area contributed by atoms with Crippen LogP contribution in [0.25, 0.3) is 0 Å².